The molecule has 1 atom stereocenters. The van der Waals surface area contributed by atoms with Crippen LogP contribution < -0.4 is 0 Å². The number of carbonyl (C=O) groups is 1. The minimum atomic E-state index is 0.255. The van der Waals surface area contributed by atoms with Gasteiger partial charge in [-0.3, -0.25) is 9.69 Å². The molecule has 2 fully saturated rings. The molecule has 2 aliphatic heterocycles. The molecule has 0 radical (unpaired) electrons. The van der Waals surface area contributed by atoms with Crippen LogP contribution in [0.3, 0.4) is 0 Å². The van der Waals surface area contributed by atoms with Crippen molar-refractivity contribution in [2.45, 2.75) is 57.4 Å². The number of piperidine rings is 1. The molecule has 0 N–H and O–H groups in total. The number of carbonyl (C=O) groups excluding carboxylic acids is 1. The fraction of sp³-hybridized carbons (Fsp3) is 0.682. The summed E-state index contributed by atoms with van der Waals surface area (Å²) in [5, 5.41) is 0. The van der Waals surface area contributed by atoms with Gasteiger partial charge in [-0.05, 0) is 74.6 Å². The maximum absolute atomic E-state index is 13.2. The van der Waals surface area contributed by atoms with Gasteiger partial charge in [-0.15, -0.1) is 0 Å². The molecule has 2 saturated heterocycles. The van der Waals surface area contributed by atoms with Gasteiger partial charge >= 0.3 is 0 Å². The largest absolute Gasteiger partial charge is 0.379 e. The van der Waals surface area contributed by atoms with E-state index in [9.17, 15) is 4.79 Å². The first-order valence-corrected chi connectivity index (χ1v) is 10.5. The molecule has 1 aromatic rings. The second kappa shape index (κ2) is 8.53. The number of likely N-dealkylation sites (tertiary alicyclic amines) is 1. The number of hydrogen-bond donors (Lipinski definition) is 0. The summed E-state index contributed by atoms with van der Waals surface area (Å²) in [7, 11) is 0. The highest BCUT2D eigenvalue weighted by Gasteiger charge is 2.28. The third-order valence-electron chi connectivity index (χ3n) is 6.37. The van der Waals surface area contributed by atoms with Gasteiger partial charge in [0.25, 0.3) is 5.91 Å². The van der Waals surface area contributed by atoms with Crippen molar-refractivity contribution in [2.75, 3.05) is 39.4 Å². The summed E-state index contributed by atoms with van der Waals surface area (Å²) in [6, 6.07) is 6.86. The van der Waals surface area contributed by atoms with E-state index < -0.39 is 0 Å². The molecule has 142 valence electrons. The summed E-state index contributed by atoms with van der Waals surface area (Å²) in [5.74, 6) is 0.255. The average Bonchev–Trinajstić information content (AvgIpc) is 2.72. The van der Waals surface area contributed by atoms with E-state index in [0.717, 1.165) is 70.6 Å². The number of aryl methyl sites for hydroxylation is 2. The van der Waals surface area contributed by atoms with Gasteiger partial charge in [-0.1, -0.05) is 6.07 Å². The smallest absolute Gasteiger partial charge is 0.254 e. The fourth-order valence-electron chi connectivity index (χ4n) is 4.76. The van der Waals surface area contributed by atoms with Gasteiger partial charge in [0.05, 0.1) is 13.2 Å². The second-order valence-electron chi connectivity index (χ2n) is 8.08. The lowest BCUT2D eigenvalue weighted by atomic mass is 9.90. The van der Waals surface area contributed by atoms with Crippen molar-refractivity contribution in [3.63, 3.8) is 0 Å². The van der Waals surface area contributed by atoms with E-state index in [1.165, 1.54) is 36.8 Å². The summed E-state index contributed by atoms with van der Waals surface area (Å²) in [5.41, 5.74) is 3.77. The van der Waals surface area contributed by atoms with Crippen LogP contribution in [-0.2, 0) is 17.6 Å². The Labute approximate surface area is 157 Å². The molecule has 0 saturated carbocycles. The van der Waals surface area contributed by atoms with E-state index in [1.807, 2.05) is 0 Å². The Morgan fingerprint density at radius 2 is 1.81 bits per heavy atom. The third-order valence-corrected chi connectivity index (χ3v) is 6.37. The van der Waals surface area contributed by atoms with Crippen molar-refractivity contribution in [1.29, 1.82) is 0 Å². The zero-order valence-corrected chi connectivity index (χ0v) is 15.9. The summed E-state index contributed by atoms with van der Waals surface area (Å²) in [4.78, 5) is 17.9. The van der Waals surface area contributed by atoms with Crippen LogP contribution in [0.2, 0.25) is 0 Å². The van der Waals surface area contributed by atoms with Crippen molar-refractivity contribution in [1.82, 2.24) is 9.80 Å². The first-order valence-electron chi connectivity index (χ1n) is 10.5. The molecule has 26 heavy (non-hydrogen) atoms. The molecule has 0 aromatic heterocycles. The summed E-state index contributed by atoms with van der Waals surface area (Å²) in [6.45, 7) is 5.77. The number of ether oxygens (including phenoxy) is 1. The monoisotopic (exact) mass is 356 g/mol. The standard InChI is InChI=1S/C22H32N2O2/c25-22(20-9-8-18-5-1-2-6-19(18)17-20)24-11-4-3-7-21(24)10-12-23-13-15-26-16-14-23/h8-9,17,21H,1-7,10-16H2/t21-/m1/s1. The Morgan fingerprint density at radius 1 is 1.00 bits per heavy atom. The summed E-state index contributed by atoms with van der Waals surface area (Å²) < 4.78 is 5.45. The molecule has 1 aliphatic carbocycles. The molecule has 3 aliphatic rings. The van der Waals surface area contributed by atoms with Crippen LogP contribution in [0.1, 0.15) is 60.0 Å². The van der Waals surface area contributed by atoms with Crippen molar-refractivity contribution >= 4 is 5.91 Å². The van der Waals surface area contributed by atoms with E-state index in [1.54, 1.807) is 0 Å². The Bertz CT molecular complexity index is 625. The lowest BCUT2D eigenvalue weighted by molar-refractivity contribution is 0.0295. The number of morpholine rings is 1. The molecule has 0 unspecified atom stereocenters. The predicted molar refractivity (Wildman–Crippen MR) is 104 cm³/mol. The molecule has 4 heteroatoms. The highest BCUT2D eigenvalue weighted by molar-refractivity contribution is 5.94. The fourth-order valence-corrected chi connectivity index (χ4v) is 4.76. The SMILES string of the molecule is O=C(c1ccc2c(c1)CCCC2)N1CCCC[C@@H]1CCN1CCOCC1. The van der Waals surface area contributed by atoms with Crippen molar-refractivity contribution in [3.8, 4) is 0 Å². The maximum atomic E-state index is 13.2. The molecule has 1 amide bonds. The quantitative estimate of drug-likeness (QED) is 0.830. The van der Waals surface area contributed by atoms with E-state index >= 15 is 0 Å². The van der Waals surface area contributed by atoms with Gasteiger partial charge in [0.15, 0.2) is 0 Å². The average molecular weight is 357 g/mol. The summed E-state index contributed by atoms with van der Waals surface area (Å²) in [6.07, 6.45) is 9.50. The van der Waals surface area contributed by atoms with Crippen molar-refractivity contribution in [2.24, 2.45) is 0 Å². The normalized spacial score (nSPS) is 24.3. The van der Waals surface area contributed by atoms with Gasteiger partial charge in [-0.2, -0.15) is 0 Å². The lowest BCUT2D eigenvalue weighted by Crippen LogP contribution is -2.46. The highest BCUT2D eigenvalue weighted by Crippen LogP contribution is 2.26. The van der Waals surface area contributed by atoms with Gasteiger partial charge in [-0.25, -0.2) is 0 Å². The first-order chi connectivity index (χ1) is 12.8. The van der Waals surface area contributed by atoms with E-state index in [4.69, 9.17) is 4.74 Å². The zero-order chi connectivity index (χ0) is 17.8. The van der Waals surface area contributed by atoms with Gasteiger partial charge < -0.3 is 9.64 Å². The number of benzene rings is 1. The first kappa shape index (κ1) is 18.0. The molecule has 4 rings (SSSR count). The van der Waals surface area contributed by atoms with Crippen LogP contribution in [0.4, 0.5) is 0 Å². The van der Waals surface area contributed by atoms with E-state index in [-0.39, 0.29) is 5.91 Å². The molecule has 0 spiro atoms. The van der Waals surface area contributed by atoms with Crippen LogP contribution in [0.25, 0.3) is 0 Å². The van der Waals surface area contributed by atoms with Gasteiger partial charge in [0, 0.05) is 37.8 Å². The maximum Gasteiger partial charge on any atom is 0.254 e. The second-order valence-corrected chi connectivity index (χ2v) is 8.08. The molecule has 2 heterocycles. The highest BCUT2D eigenvalue weighted by atomic mass is 16.5. The molecular formula is C22H32N2O2. The Balaban J connectivity index is 1.42. The molecule has 0 bridgehead atoms. The minimum absolute atomic E-state index is 0.255. The number of fused-ring (bicyclic) bond motifs is 1. The minimum Gasteiger partial charge on any atom is -0.379 e. The third kappa shape index (κ3) is 4.12. The topological polar surface area (TPSA) is 32.8 Å². The van der Waals surface area contributed by atoms with Crippen molar-refractivity contribution in [3.05, 3.63) is 34.9 Å². The van der Waals surface area contributed by atoms with Crippen molar-refractivity contribution < 1.29 is 9.53 Å². The predicted octanol–water partition coefficient (Wildman–Crippen LogP) is 3.28. The number of hydrogen-bond acceptors (Lipinski definition) is 3. The Hall–Kier alpha value is -1.39. The number of amides is 1. The molecule has 4 nitrogen and oxygen atoms in total. The van der Waals surface area contributed by atoms with Gasteiger partial charge in [0.2, 0.25) is 0 Å². The number of nitrogens with zero attached hydrogens (tertiary/aromatic N) is 2. The lowest BCUT2D eigenvalue weighted by Gasteiger charge is -2.37. The van der Waals surface area contributed by atoms with Crippen LogP contribution in [0.15, 0.2) is 18.2 Å². The molecule has 1 aromatic carbocycles. The Morgan fingerprint density at radius 3 is 2.65 bits per heavy atom. The van der Waals surface area contributed by atoms with Crippen LogP contribution in [-0.4, -0.2) is 61.1 Å². The van der Waals surface area contributed by atoms with E-state index in [2.05, 4.69) is 28.0 Å². The summed E-state index contributed by atoms with van der Waals surface area (Å²) >= 11 is 0. The number of rotatable bonds is 4. The Kier molecular flexibility index (Phi) is 5.91. The van der Waals surface area contributed by atoms with E-state index in [0.29, 0.717) is 6.04 Å². The van der Waals surface area contributed by atoms with Crippen LogP contribution in [0.5, 0.6) is 0 Å². The molecular weight excluding hydrogens is 324 g/mol. The van der Waals surface area contributed by atoms with Crippen LogP contribution in [0, 0.1) is 0 Å². The van der Waals surface area contributed by atoms with Crippen LogP contribution >= 0.6 is 0 Å². The zero-order valence-electron chi connectivity index (χ0n) is 15.9. The van der Waals surface area contributed by atoms with Gasteiger partial charge in [0.1, 0.15) is 0 Å².